The van der Waals surface area contributed by atoms with Gasteiger partial charge in [0.25, 0.3) is 0 Å². The summed E-state index contributed by atoms with van der Waals surface area (Å²) >= 11 is 0. The average molecular weight is 577 g/mol. The van der Waals surface area contributed by atoms with Crippen molar-refractivity contribution < 1.29 is 44.6 Å². The first-order chi connectivity index (χ1) is 17.4. The smallest absolute Gasteiger partial charge is 0.317 e. The second-order valence-corrected chi connectivity index (χ2v) is 11.2. The highest BCUT2D eigenvalue weighted by atomic mass is 79.9. The maximum absolute atomic E-state index is 14.1. The number of nitrogens with zero attached hydrogens (tertiary/aromatic N) is 1. The molecule has 1 atom stereocenters. The standard InChI is InChI=1S/C30H36F2NO3.BrH/c31-25-10-11-27(32)23(18-25)19-26(34)20-33-16-12-22(13-17-33)28(21-33)36-29(35)30(14-6-1-2-7-15-30)24-8-4-3-5-9-24;/h3-5,8-11,18,22,28H,1-2,6-7,12-17,19-21H2;1H/q+1;/p-1/t22?,28-,33?;/m0./s1. The minimum absolute atomic E-state index is 0. The molecule has 3 aliphatic heterocycles. The highest BCUT2D eigenvalue weighted by Gasteiger charge is 2.50. The van der Waals surface area contributed by atoms with E-state index >= 15 is 0 Å². The Hall–Kier alpha value is -2.12. The number of esters is 1. The maximum atomic E-state index is 14.1. The molecule has 2 bridgehead atoms. The van der Waals surface area contributed by atoms with Crippen LogP contribution in [0.15, 0.2) is 48.5 Å². The molecule has 0 N–H and O–H groups in total. The van der Waals surface area contributed by atoms with E-state index < -0.39 is 17.0 Å². The van der Waals surface area contributed by atoms with Gasteiger partial charge in [0.15, 0.2) is 11.9 Å². The van der Waals surface area contributed by atoms with Gasteiger partial charge in [-0.1, -0.05) is 56.0 Å². The third-order valence-corrected chi connectivity index (χ3v) is 8.88. The zero-order chi connectivity index (χ0) is 25.2. The molecular formula is C30H36BrF2NO3. The van der Waals surface area contributed by atoms with Gasteiger partial charge >= 0.3 is 5.97 Å². The summed E-state index contributed by atoms with van der Waals surface area (Å²) < 4.78 is 34.6. The van der Waals surface area contributed by atoms with Crippen molar-refractivity contribution in [2.45, 2.75) is 69.3 Å². The minimum atomic E-state index is -0.598. The van der Waals surface area contributed by atoms with Crippen LogP contribution in [0.5, 0.6) is 0 Å². The van der Waals surface area contributed by atoms with Crippen molar-refractivity contribution in [2.24, 2.45) is 5.92 Å². The molecular weight excluding hydrogens is 540 g/mol. The van der Waals surface area contributed by atoms with Gasteiger partial charge in [-0.3, -0.25) is 9.59 Å². The lowest BCUT2D eigenvalue weighted by atomic mass is 9.74. The second-order valence-electron chi connectivity index (χ2n) is 11.2. The Morgan fingerprint density at radius 2 is 1.62 bits per heavy atom. The van der Waals surface area contributed by atoms with E-state index in [2.05, 4.69) is 12.1 Å². The van der Waals surface area contributed by atoms with Gasteiger partial charge in [-0.25, -0.2) is 8.78 Å². The molecule has 7 heteroatoms. The quantitative estimate of drug-likeness (QED) is 0.289. The van der Waals surface area contributed by atoms with Crippen molar-refractivity contribution >= 4 is 11.8 Å². The molecule has 2 aromatic carbocycles. The Morgan fingerprint density at radius 1 is 0.946 bits per heavy atom. The Labute approximate surface area is 228 Å². The number of hydrogen-bond acceptors (Lipinski definition) is 3. The second kappa shape index (κ2) is 11.7. The zero-order valence-corrected chi connectivity index (χ0v) is 22.9. The van der Waals surface area contributed by atoms with Gasteiger partial charge < -0.3 is 26.2 Å². The number of ketones is 1. The van der Waals surface area contributed by atoms with Gasteiger partial charge in [-0.05, 0) is 42.2 Å². The summed E-state index contributed by atoms with van der Waals surface area (Å²) in [5, 5.41) is 0. The summed E-state index contributed by atoms with van der Waals surface area (Å²) in [6, 6.07) is 13.3. The van der Waals surface area contributed by atoms with Crippen LogP contribution >= 0.6 is 0 Å². The number of quaternary nitrogens is 1. The number of hydrogen-bond donors (Lipinski definition) is 0. The molecule has 2 aromatic rings. The molecule has 4 aliphatic rings. The SMILES string of the molecule is O=C(Cc1cc(F)ccc1F)C[N+]12CCC(CC1)[C@@H](OC(=O)C1(c3ccccc3)CCCCCC1)C2.[Br-]. The number of rotatable bonds is 7. The predicted octanol–water partition coefficient (Wildman–Crippen LogP) is 2.52. The first-order valence-corrected chi connectivity index (χ1v) is 13.5. The molecule has 4 fully saturated rings. The van der Waals surface area contributed by atoms with Crippen LogP contribution in [0.3, 0.4) is 0 Å². The van der Waals surface area contributed by atoms with E-state index in [-0.39, 0.29) is 53.4 Å². The summed E-state index contributed by atoms with van der Waals surface area (Å²) in [5.41, 5.74) is 0.555. The van der Waals surface area contributed by atoms with E-state index in [1.807, 2.05) is 18.2 Å². The molecule has 0 radical (unpaired) electrons. The van der Waals surface area contributed by atoms with Crippen LogP contribution in [0.4, 0.5) is 8.78 Å². The Kier molecular flexibility index (Phi) is 8.85. The van der Waals surface area contributed by atoms with Gasteiger partial charge in [-0.2, -0.15) is 0 Å². The Balaban J connectivity index is 0.00000320. The van der Waals surface area contributed by atoms with E-state index in [4.69, 9.17) is 4.74 Å². The molecule has 4 nitrogen and oxygen atoms in total. The molecule has 1 aliphatic carbocycles. The monoisotopic (exact) mass is 575 g/mol. The zero-order valence-electron chi connectivity index (χ0n) is 21.3. The van der Waals surface area contributed by atoms with E-state index in [1.165, 1.54) is 0 Å². The van der Waals surface area contributed by atoms with Crippen LogP contribution < -0.4 is 17.0 Å². The Morgan fingerprint density at radius 3 is 2.30 bits per heavy atom. The Bertz CT molecular complexity index is 1090. The fourth-order valence-electron chi connectivity index (χ4n) is 6.85. The maximum Gasteiger partial charge on any atom is 0.317 e. The van der Waals surface area contributed by atoms with Gasteiger partial charge in [0, 0.05) is 25.2 Å². The van der Waals surface area contributed by atoms with Crippen LogP contribution in [-0.4, -0.2) is 48.5 Å². The highest BCUT2D eigenvalue weighted by molar-refractivity contribution is 5.83. The van der Waals surface area contributed by atoms with Gasteiger partial charge in [0.1, 0.15) is 24.7 Å². The molecule has 3 heterocycles. The number of carbonyl (C=O) groups is 2. The first kappa shape index (κ1) is 27.9. The van der Waals surface area contributed by atoms with Crippen molar-refractivity contribution in [1.29, 1.82) is 0 Å². The van der Waals surface area contributed by atoms with Crippen LogP contribution in [-0.2, 0) is 26.2 Å². The third-order valence-electron chi connectivity index (χ3n) is 8.88. The van der Waals surface area contributed by atoms with Crippen molar-refractivity contribution in [1.82, 2.24) is 0 Å². The van der Waals surface area contributed by atoms with Crippen molar-refractivity contribution in [3.63, 3.8) is 0 Å². The van der Waals surface area contributed by atoms with Gasteiger partial charge in [-0.15, -0.1) is 0 Å². The number of carbonyl (C=O) groups excluding carboxylic acids is 2. The van der Waals surface area contributed by atoms with Crippen LogP contribution in [0, 0.1) is 17.6 Å². The number of Topliss-reactive ketones (excluding diaryl/α,β-unsaturated/α-hetero) is 1. The fraction of sp³-hybridized carbons (Fsp3) is 0.533. The number of piperidine rings is 3. The number of ether oxygens (including phenoxy) is 1. The van der Waals surface area contributed by atoms with Crippen LogP contribution in [0.1, 0.15) is 62.5 Å². The average Bonchev–Trinajstić information content (AvgIpc) is 3.14. The number of halogens is 3. The van der Waals surface area contributed by atoms with Gasteiger partial charge in [0.05, 0.1) is 18.5 Å². The lowest BCUT2D eigenvalue weighted by molar-refractivity contribution is -0.939. The van der Waals surface area contributed by atoms with E-state index in [1.54, 1.807) is 0 Å². The molecule has 1 saturated carbocycles. The summed E-state index contributed by atoms with van der Waals surface area (Å²) in [4.78, 5) is 26.8. The normalized spacial score (nSPS) is 26.5. The number of benzene rings is 2. The molecule has 0 spiro atoms. The summed E-state index contributed by atoms with van der Waals surface area (Å²) in [6.45, 7) is 2.61. The van der Waals surface area contributed by atoms with Crippen LogP contribution in [0.25, 0.3) is 0 Å². The predicted molar refractivity (Wildman–Crippen MR) is 133 cm³/mol. The van der Waals surface area contributed by atoms with Crippen molar-refractivity contribution in [2.75, 3.05) is 26.2 Å². The number of fused-ring (bicyclic) bond motifs is 3. The topological polar surface area (TPSA) is 43.4 Å². The molecule has 3 saturated heterocycles. The van der Waals surface area contributed by atoms with E-state index in [9.17, 15) is 18.4 Å². The molecule has 200 valence electrons. The molecule has 0 aromatic heterocycles. The summed E-state index contributed by atoms with van der Waals surface area (Å²) in [7, 11) is 0. The lowest BCUT2D eigenvalue weighted by Gasteiger charge is -2.52. The largest absolute Gasteiger partial charge is 1.00 e. The highest BCUT2D eigenvalue weighted by Crippen LogP contribution is 2.42. The molecule has 6 rings (SSSR count). The van der Waals surface area contributed by atoms with E-state index in [0.717, 1.165) is 88.2 Å². The van der Waals surface area contributed by atoms with Crippen LogP contribution in [0.2, 0.25) is 0 Å². The third kappa shape index (κ3) is 5.98. The fourth-order valence-corrected chi connectivity index (χ4v) is 6.85. The van der Waals surface area contributed by atoms with Gasteiger partial charge in [0.2, 0.25) is 0 Å². The van der Waals surface area contributed by atoms with Crippen molar-refractivity contribution in [3.05, 3.63) is 71.3 Å². The molecule has 37 heavy (non-hydrogen) atoms. The summed E-state index contributed by atoms with van der Waals surface area (Å²) in [5.74, 6) is -0.982. The molecule has 0 unspecified atom stereocenters. The lowest BCUT2D eigenvalue weighted by Crippen LogP contribution is -3.00. The summed E-state index contributed by atoms with van der Waals surface area (Å²) in [6.07, 6.45) is 7.44. The first-order valence-electron chi connectivity index (χ1n) is 13.5. The van der Waals surface area contributed by atoms with Crippen molar-refractivity contribution in [3.8, 4) is 0 Å². The van der Waals surface area contributed by atoms with E-state index in [0.29, 0.717) is 16.9 Å². The minimum Gasteiger partial charge on any atom is -1.00 e. The molecule has 0 amide bonds.